The smallest absolute Gasteiger partial charge is 0.223 e. The fraction of sp³-hybridized carbons (Fsp3) is 0.938. The van der Waals surface area contributed by atoms with E-state index in [9.17, 15) is 4.79 Å². The van der Waals surface area contributed by atoms with Crippen LogP contribution in [-0.2, 0) is 4.79 Å². The Hall–Kier alpha value is -0.530. The summed E-state index contributed by atoms with van der Waals surface area (Å²) >= 11 is 0. The number of carbonyl (C=O) groups is 1. The Bertz CT molecular complexity index is 219. The number of hydrogen-bond donors (Lipinski definition) is 1. The number of nitrogens with one attached hydrogen (secondary N) is 1. The molecule has 0 bridgehead atoms. The largest absolute Gasteiger partial charge is 0.353 e. The highest BCUT2D eigenvalue weighted by Crippen LogP contribution is 2.19. The van der Waals surface area contributed by atoms with Gasteiger partial charge in [0.25, 0.3) is 0 Å². The van der Waals surface area contributed by atoms with Gasteiger partial charge in [0, 0.05) is 12.0 Å². The predicted octanol–water partition coefficient (Wildman–Crippen LogP) is 4.43. The molecule has 2 heteroatoms. The highest BCUT2D eigenvalue weighted by molar-refractivity contribution is 5.78. The van der Waals surface area contributed by atoms with Crippen molar-refractivity contribution in [3.63, 3.8) is 0 Å². The van der Waals surface area contributed by atoms with E-state index in [1.54, 1.807) is 0 Å². The van der Waals surface area contributed by atoms with Crippen LogP contribution in [0, 0.1) is 5.92 Å². The van der Waals surface area contributed by atoms with Crippen LogP contribution in [0.5, 0.6) is 0 Å². The number of carbonyl (C=O) groups excluding carboxylic acids is 1. The van der Waals surface area contributed by atoms with Gasteiger partial charge in [-0.15, -0.1) is 0 Å². The molecule has 18 heavy (non-hydrogen) atoms. The Morgan fingerprint density at radius 1 is 1.11 bits per heavy atom. The Morgan fingerprint density at radius 3 is 2.28 bits per heavy atom. The Labute approximate surface area is 113 Å². The molecule has 1 rings (SSSR count). The first kappa shape index (κ1) is 15.5. The molecule has 1 atom stereocenters. The number of rotatable bonds is 6. The third kappa shape index (κ3) is 5.88. The maximum absolute atomic E-state index is 12.2. The lowest BCUT2D eigenvalue weighted by Crippen LogP contribution is -2.39. The lowest BCUT2D eigenvalue weighted by atomic mass is 9.94. The van der Waals surface area contributed by atoms with Crippen LogP contribution in [0.2, 0.25) is 0 Å². The van der Waals surface area contributed by atoms with E-state index in [-0.39, 0.29) is 5.92 Å². The quantitative estimate of drug-likeness (QED) is 0.745. The third-order valence-electron chi connectivity index (χ3n) is 4.22. The van der Waals surface area contributed by atoms with Crippen LogP contribution < -0.4 is 5.32 Å². The maximum atomic E-state index is 12.2. The molecule has 1 N–H and O–H groups in total. The first-order valence-corrected chi connectivity index (χ1v) is 8.08. The van der Waals surface area contributed by atoms with Crippen molar-refractivity contribution in [1.82, 2.24) is 5.32 Å². The molecule has 1 saturated carbocycles. The van der Waals surface area contributed by atoms with E-state index in [1.165, 1.54) is 57.8 Å². The molecule has 0 radical (unpaired) electrons. The van der Waals surface area contributed by atoms with Gasteiger partial charge in [-0.25, -0.2) is 0 Å². The summed E-state index contributed by atoms with van der Waals surface area (Å²) in [5.74, 6) is 0.562. The Balaban J connectivity index is 2.35. The van der Waals surface area contributed by atoms with Crippen molar-refractivity contribution in [2.75, 3.05) is 0 Å². The normalized spacial score (nSPS) is 19.9. The molecule has 0 aromatic carbocycles. The van der Waals surface area contributed by atoms with Crippen LogP contribution in [0.15, 0.2) is 0 Å². The van der Waals surface area contributed by atoms with E-state index < -0.39 is 0 Å². The zero-order valence-corrected chi connectivity index (χ0v) is 12.3. The summed E-state index contributed by atoms with van der Waals surface area (Å²) in [5.41, 5.74) is 0. The van der Waals surface area contributed by atoms with Crippen LogP contribution in [-0.4, -0.2) is 11.9 Å². The lowest BCUT2D eigenvalue weighted by molar-refractivity contribution is -0.126. The first-order chi connectivity index (χ1) is 8.77. The van der Waals surface area contributed by atoms with Crippen LogP contribution in [0.4, 0.5) is 0 Å². The molecule has 0 aromatic heterocycles. The summed E-state index contributed by atoms with van der Waals surface area (Å²) in [6.07, 6.45) is 13.4. The van der Waals surface area contributed by atoms with E-state index >= 15 is 0 Å². The van der Waals surface area contributed by atoms with Crippen LogP contribution in [0.25, 0.3) is 0 Å². The molecule has 0 aromatic rings. The summed E-state index contributed by atoms with van der Waals surface area (Å²) in [7, 11) is 0. The van der Waals surface area contributed by atoms with Gasteiger partial charge in [0.15, 0.2) is 0 Å². The Morgan fingerprint density at radius 2 is 1.72 bits per heavy atom. The minimum absolute atomic E-state index is 0.246. The van der Waals surface area contributed by atoms with E-state index in [0.29, 0.717) is 11.9 Å². The molecule has 0 unspecified atom stereocenters. The summed E-state index contributed by atoms with van der Waals surface area (Å²) in [4.78, 5) is 12.2. The summed E-state index contributed by atoms with van der Waals surface area (Å²) in [6.45, 7) is 4.33. The van der Waals surface area contributed by atoms with Gasteiger partial charge in [-0.3, -0.25) is 4.79 Å². The average Bonchev–Trinajstić information content (AvgIpc) is 2.33. The second-order valence-electron chi connectivity index (χ2n) is 5.80. The molecule has 1 aliphatic carbocycles. The minimum Gasteiger partial charge on any atom is -0.353 e. The number of amides is 1. The minimum atomic E-state index is 0.246. The van der Waals surface area contributed by atoms with Gasteiger partial charge in [-0.05, 0) is 25.7 Å². The second kappa shape index (κ2) is 9.41. The van der Waals surface area contributed by atoms with Gasteiger partial charge in [0.2, 0.25) is 5.91 Å². The SMILES string of the molecule is CCCC[C@H](CC)C(=O)NC1CCCCCCC1. The van der Waals surface area contributed by atoms with Crippen LogP contribution in [0.3, 0.4) is 0 Å². The van der Waals surface area contributed by atoms with Gasteiger partial charge < -0.3 is 5.32 Å². The van der Waals surface area contributed by atoms with Crippen molar-refractivity contribution in [2.24, 2.45) is 5.92 Å². The van der Waals surface area contributed by atoms with Crippen LogP contribution >= 0.6 is 0 Å². The summed E-state index contributed by atoms with van der Waals surface area (Å²) in [6, 6.07) is 0.452. The molecule has 1 amide bonds. The standard InChI is InChI=1S/C16H31NO/c1-3-5-11-14(4-2)16(18)17-15-12-9-7-6-8-10-13-15/h14-15H,3-13H2,1-2H3,(H,17,18)/t14-/m0/s1. The molecule has 1 fully saturated rings. The van der Waals surface area contributed by atoms with Crippen molar-refractivity contribution >= 4 is 5.91 Å². The topological polar surface area (TPSA) is 29.1 Å². The van der Waals surface area contributed by atoms with Gasteiger partial charge in [0.05, 0.1) is 0 Å². The van der Waals surface area contributed by atoms with Crippen molar-refractivity contribution in [3.05, 3.63) is 0 Å². The monoisotopic (exact) mass is 253 g/mol. The third-order valence-corrected chi connectivity index (χ3v) is 4.22. The number of unbranched alkanes of at least 4 members (excludes halogenated alkanes) is 1. The maximum Gasteiger partial charge on any atom is 0.223 e. The van der Waals surface area contributed by atoms with Gasteiger partial charge in [-0.1, -0.05) is 58.8 Å². The summed E-state index contributed by atoms with van der Waals surface area (Å²) in [5, 5.41) is 3.31. The molecule has 0 aliphatic heterocycles. The lowest BCUT2D eigenvalue weighted by Gasteiger charge is -2.23. The van der Waals surface area contributed by atoms with Crippen molar-refractivity contribution in [2.45, 2.75) is 90.5 Å². The highest BCUT2D eigenvalue weighted by atomic mass is 16.1. The fourth-order valence-corrected chi connectivity index (χ4v) is 2.89. The van der Waals surface area contributed by atoms with Crippen LogP contribution in [0.1, 0.15) is 84.5 Å². The molecule has 1 aliphatic rings. The van der Waals surface area contributed by atoms with Gasteiger partial charge in [0.1, 0.15) is 0 Å². The van der Waals surface area contributed by atoms with Gasteiger partial charge in [-0.2, -0.15) is 0 Å². The summed E-state index contributed by atoms with van der Waals surface area (Å²) < 4.78 is 0. The fourth-order valence-electron chi connectivity index (χ4n) is 2.89. The van der Waals surface area contributed by atoms with E-state index in [1.807, 2.05) is 0 Å². The second-order valence-corrected chi connectivity index (χ2v) is 5.80. The van der Waals surface area contributed by atoms with Crippen molar-refractivity contribution in [3.8, 4) is 0 Å². The molecular weight excluding hydrogens is 222 g/mol. The van der Waals surface area contributed by atoms with E-state index in [2.05, 4.69) is 19.2 Å². The Kier molecular flexibility index (Phi) is 8.11. The average molecular weight is 253 g/mol. The first-order valence-electron chi connectivity index (χ1n) is 8.08. The molecule has 106 valence electrons. The highest BCUT2D eigenvalue weighted by Gasteiger charge is 2.19. The molecule has 0 saturated heterocycles. The van der Waals surface area contributed by atoms with Crippen molar-refractivity contribution in [1.29, 1.82) is 0 Å². The predicted molar refractivity (Wildman–Crippen MR) is 77.6 cm³/mol. The van der Waals surface area contributed by atoms with Crippen molar-refractivity contribution < 1.29 is 4.79 Å². The zero-order chi connectivity index (χ0) is 13.2. The van der Waals surface area contributed by atoms with Gasteiger partial charge >= 0.3 is 0 Å². The van der Waals surface area contributed by atoms with E-state index in [4.69, 9.17) is 0 Å². The number of hydrogen-bond acceptors (Lipinski definition) is 1. The molecule has 0 spiro atoms. The molecule has 2 nitrogen and oxygen atoms in total. The molecular formula is C16H31NO. The molecule has 0 heterocycles. The van der Waals surface area contributed by atoms with E-state index in [0.717, 1.165) is 12.8 Å². The zero-order valence-electron chi connectivity index (χ0n) is 12.3.